The summed E-state index contributed by atoms with van der Waals surface area (Å²) in [7, 11) is 3.98. The van der Waals surface area contributed by atoms with Gasteiger partial charge in [-0.1, -0.05) is 0 Å². The molecule has 0 saturated carbocycles. The molecule has 5 nitrogen and oxygen atoms in total. The Balaban J connectivity index is 1.75. The molecule has 1 saturated heterocycles. The Morgan fingerprint density at radius 1 is 1.36 bits per heavy atom. The van der Waals surface area contributed by atoms with Gasteiger partial charge < -0.3 is 9.64 Å². The minimum atomic E-state index is -0.0138. The van der Waals surface area contributed by atoms with Gasteiger partial charge in [-0.15, -0.1) is 11.3 Å². The van der Waals surface area contributed by atoms with E-state index in [-0.39, 0.29) is 6.10 Å². The number of rotatable bonds is 4. The van der Waals surface area contributed by atoms with Crippen molar-refractivity contribution in [2.75, 3.05) is 38.7 Å². The maximum atomic E-state index is 5.97. The van der Waals surface area contributed by atoms with Crippen LogP contribution < -0.4 is 4.90 Å². The van der Waals surface area contributed by atoms with E-state index in [4.69, 9.17) is 4.74 Å². The van der Waals surface area contributed by atoms with Crippen LogP contribution in [0.2, 0.25) is 0 Å². The number of aromatic nitrogens is 2. The molecule has 0 radical (unpaired) electrons. The van der Waals surface area contributed by atoms with E-state index in [9.17, 15) is 0 Å². The molecule has 1 aliphatic heterocycles. The summed E-state index contributed by atoms with van der Waals surface area (Å²) in [5, 5.41) is 2.16. The highest BCUT2D eigenvalue weighted by Crippen LogP contribution is 2.28. The van der Waals surface area contributed by atoms with Crippen LogP contribution in [0, 0.1) is 6.92 Å². The van der Waals surface area contributed by atoms with Gasteiger partial charge in [0.2, 0.25) is 0 Å². The molecule has 118 valence electrons. The molecule has 6 heteroatoms. The summed E-state index contributed by atoms with van der Waals surface area (Å²) < 4.78 is 5.97. The predicted molar refractivity (Wildman–Crippen MR) is 89.4 cm³/mol. The van der Waals surface area contributed by atoms with Gasteiger partial charge in [0.1, 0.15) is 11.8 Å². The molecular formula is C16H22N4OS. The molecule has 1 atom stereocenters. The average molecular weight is 318 g/mol. The van der Waals surface area contributed by atoms with E-state index >= 15 is 0 Å². The molecule has 0 amide bonds. The van der Waals surface area contributed by atoms with Gasteiger partial charge in [0, 0.05) is 51.0 Å². The zero-order chi connectivity index (χ0) is 15.5. The summed E-state index contributed by atoms with van der Waals surface area (Å²) >= 11 is 1.83. The van der Waals surface area contributed by atoms with Gasteiger partial charge in [-0.3, -0.25) is 9.88 Å². The Hall–Kier alpha value is -1.50. The van der Waals surface area contributed by atoms with Crippen LogP contribution in [0.3, 0.4) is 0 Å². The summed E-state index contributed by atoms with van der Waals surface area (Å²) in [5.74, 6) is 0.890. The smallest absolute Gasteiger partial charge is 0.152 e. The number of nitrogens with zero attached hydrogens (tertiary/aromatic N) is 4. The highest BCUT2D eigenvalue weighted by Gasteiger charge is 2.26. The SMILES string of the molecule is Cc1ccsc1CN1CCOC(c2nccnc2N(C)C)C1. The van der Waals surface area contributed by atoms with E-state index in [1.807, 2.05) is 30.3 Å². The lowest BCUT2D eigenvalue weighted by Crippen LogP contribution is -2.38. The third-order valence-electron chi connectivity index (χ3n) is 3.92. The van der Waals surface area contributed by atoms with Crippen molar-refractivity contribution in [2.45, 2.75) is 19.6 Å². The number of anilines is 1. The first-order chi connectivity index (χ1) is 10.6. The van der Waals surface area contributed by atoms with E-state index in [0.29, 0.717) is 0 Å². The molecule has 0 aliphatic carbocycles. The molecule has 0 N–H and O–H groups in total. The van der Waals surface area contributed by atoms with E-state index in [2.05, 4.69) is 33.2 Å². The van der Waals surface area contributed by atoms with Crippen molar-refractivity contribution >= 4 is 17.2 Å². The maximum Gasteiger partial charge on any atom is 0.152 e. The van der Waals surface area contributed by atoms with E-state index in [1.165, 1.54) is 10.4 Å². The molecule has 3 rings (SSSR count). The van der Waals surface area contributed by atoms with Crippen LogP contribution in [0.1, 0.15) is 22.2 Å². The first-order valence-corrected chi connectivity index (χ1v) is 8.38. The fourth-order valence-electron chi connectivity index (χ4n) is 2.69. The first kappa shape index (κ1) is 15.4. The highest BCUT2D eigenvalue weighted by atomic mass is 32.1. The van der Waals surface area contributed by atoms with E-state index < -0.39 is 0 Å². The van der Waals surface area contributed by atoms with Gasteiger partial charge in [-0.05, 0) is 23.9 Å². The number of hydrogen-bond acceptors (Lipinski definition) is 6. The van der Waals surface area contributed by atoms with Gasteiger partial charge in [0.05, 0.1) is 6.61 Å². The molecule has 2 aromatic heterocycles. The number of thiophene rings is 1. The summed E-state index contributed by atoms with van der Waals surface area (Å²) in [6.45, 7) is 5.72. The molecule has 1 aliphatic rings. The van der Waals surface area contributed by atoms with Crippen LogP contribution >= 0.6 is 11.3 Å². The van der Waals surface area contributed by atoms with Gasteiger partial charge in [-0.25, -0.2) is 4.98 Å². The van der Waals surface area contributed by atoms with Crippen molar-refractivity contribution in [2.24, 2.45) is 0 Å². The maximum absolute atomic E-state index is 5.97. The molecule has 0 spiro atoms. The second kappa shape index (κ2) is 6.73. The number of morpholine rings is 1. The van der Waals surface area contributed by atoms with Crippen molar-refractivity contribution in [1.82, 2.24) is 14.9 Å². The third-order valence-corrected chi connectivity index (χ3v) is 4.93. The van der Waals surface area contributed by atoms with Crippen LogP contribution in [0.4, 0.5) is 5.82 Å². The topological polar surface area (TPSA) is 41.5 Å². The van der Waals surface area contributed by atoms with Gasteiger partial charge in [0.15, 0.2) is 5.82 Å². The second-order valence-corrected chi connectivity index (χ2v) is 6.78. The Morgan fingerprint density at radius 3 is 2.91 bits per heavy atom. The van der Waals surface area contributed by atoms with E-state index in [1.54, 1.807) is 12.4 Å². The molecule has 22 heavy (non-hydrogen) atoms. The Kier molecular flexibility index (Phi) is 4.71. The van der Waals surface area contributed by atoms with Crippen LogP contribution in [-0.2, 0) is 11.3 Å². The van der Waals surface area contributed by atoms with Crippen molar-refractivity contribution in [1.29, 1.82) is 0 Å². The monoisotopic (exact) mass is 318 g/mol. The standard InChI is InChI=1S/C16H22N4OS/c1-12-4-9-22-14(12)11-20-7-8-21-13(10-20)15-16(19(2)3)18-6-5-17-15/h4-6,9,13H,7-8,10-11H2,1-3H3. The van der Waals surface area contributed by atoms with Gasteiger partial charge in [0.25, 0.3) is 0 Å². The normalized spacial score (nSPS) is 19.3. The molecule has 3 heterocycles. The largest absolute Gasteiger partial charge is 0.369 e. The Labute approximate surface area is 135 Å². The minimum absolute atomic E-state index is 0.0138. The summed E-state index contributed by atoms with van der Waals surface area (Å²) in [5.41, 5.74) is 2.31. The van der Waals surface area contributed by atoms with Crippen LogP contribution in [0.5, 0.6) is 0 Å². The fraction of sp³-hybridized carbons (Fsp3) is 0.500. The lowest BCUT2D eigenvalue weighted by Gasteiger charge is -2.33. The predicted octanol–water partition coefficient (Wildman–Crippen LogP) is 2.49. The van der Waals surface area contributed by atoms with Crippen molar-refractivity contribution in [3.05, 3.63) is 40.0 Å². The summed E-state index contributed by atoms with van der Waals surface area (Å²) in [4.78, 5) is 14.8. The Morgan fingerprint density at radius 2 is 2.18 bits per heavy atom. The zero-order valence-corrected chi connectivity index (χ0v) is 14.1. The molecule has 1 unspecified atom stereocenters. The number of aryl methyl sites for hydroxylation is 1. The molecule has 0 aromatic carbocycles. The van der Waals surface area contributed by atoms with Crippen LogP contribution in [-0.4, -0.2) is 48.7 Å². The molecule has 1 fully saturated rings. The lowest BCUT2D eigenvalue weighted by molar-refractivity contribution is -0.0346. The van der Waals surface area contributed by atoms with Gasteiger partial charge in [-0.2, -0.15) is 0 Å². The third kappa shape index (κ3) is 3.29. The first-order valence-electron chi connectivity index (χ1n) is 7.50. The summed E-state index contributed by atoms with van der Waals surface area (Å²) in [6, 6.07) is 2.19. The quantitative estimate of drug-likeness (QED) is 0.866. The fourth-order valence-corrected chi connectivity index (χ4v) is 3.64. The molecule has 0 bridgehead atoms. The highest BCUT2D eigenvalue weighted by molar-refractivity contribution is 7.10. The van der Waals surface area contributed by atoms with Crippen molar-refractivity contribution in [3.8, 4) is 0 Å². The average Bonchev–Trinajstić information content (AvgIpc) is 2.93. The summed E-state index contributed by atoms with van der Waals surface area (Å²) in [6.07, 6.45) is 3.46. The van der Waals surface area contributed by atoms with Crippen molar-refractivity contribution < 1.29 is 4.74 Å². The molecule has 2 aromatic rings. The van der Waals surface area contributed by atoms with E-state index in [0.717, 1.165) is 37.8 Å². The zero-order valence-electron chi connectivity index (χ0n) is 13.3. The minimum Gasteiger partial charge on any atom is -0.369 e. The molecular weight excluding hydrogens is 296 g/mol. The second-order valence-electron chi connectivity index (χ2n) is 5.78. The van der Waals surface area contributed by atoms with Gasteiger partial charge >= 0.3 is 0 Å². The van der Waals surface area contributed by atoms with Crippen molar-refractivity contribution in [3.63, 3.8) is 0 Å². The Bertz CT molecular complexity index is 628. The number of hydrogen-bond donors (Lipinski definition) is 0. The number of ether oxygens (including phenoxy) is 1. The van der Waals surface area contributed by atoms with Crippen LogP contribution in [0.25, 0.3) is 0 Å². The lowest BCUT2D eigenvalue weighted by atomic mass is 10.1. The van der Waals surface area contributed by atoms with Crippen LogP contribution in [0.15, 0.2) is 23.8 Å².